The number of benzene rings is 2. The second kappa shape index (κ2) is 11.0. The van der Waals surface area contributed by atoms with Gasteiger partial charge in [-0.05, 0) is 29.7 Å². The van der Waals surface area contributed by atoms with Gasteiger partial charge in [-0.1, -0.05) is 42.5 Å². The summed E-state index contributed by atoms with van der Waals surface area (Å²) in [5.74, 6) is 1.68. The van der Waals surface area contributed by atoms with E-state index in [1.165, 1.54) is 5.56 Å². The number of hydrogen-bond acceptors (Lipinski definition) is 3. The number of nitrogens with one attached hydrogen (secondary N) is 2. The van der Waals surface area contributed by atoms with E-state index in [0.717, 1.165) is 30.3 Å². The SMILES string of the molecule is CN=C(NCCc1cccc(C(=O)N(C)C)c1)NCc1nccn1Cc1ccccc1. The molecule has 2 N–H and O–H groups in total. The molecule has 3 rings (SSSR count). The van der Waals surface area contributed by atoms with Gasteiger partial charge in [-0.2, -0.15) is 0 Å². The van der Waals surface area contributed by atoms with Gasteiger partial charge >= 0.3 is 0 Å². The summed E-state index contributed by atoms with van der Waals surface area (Å²) in [6, 6.07) is 18.1. The van der Waals surface area contributed by atoms with E-state index in [2.05, 4.69) is 37.3 Å². The van der Waals surface area contributed by atoms with E-state index in [1.54, 1.807) is 26.0 Å². The quantitative estimate of drug-likeness (QED) is 0.436. The van der Waals surface area contributed by atoms with Gasteiger partial charge in [0.2, 0.25) is 0 Å². The van der Waals surface area contributed by atoms with E-state index in [9.17, 15) is 4.79 Å². The highest BCUT2D eigenvalue weighted by atomic mass is 16.2. The van der Waals surface area contributed by atoms with E-state index in [4.69, 9.17) is 0 Å². The molecule has 31 heavy (non-hydrogen) atoms. The smallest absolute Gasteiger partial charge is 0.253 e. The van der Waals surface area contributed by atoms with Crippen LogP contribution in [-0.4, -0.2) is 54.0 Å². The molecule has 1 aromatic heterocycles. The molecule has 0 unspecified atom stereocenters. The molecule has 0 aliphatic rings. The van der Waals surface area contributed by atoms with Crippen molar-refractivity contribution in [2.24, 2.45) is 4.99 Å². The lowest BCUT2D eigenvalue weighted by Crippen LogP contribution is -2.38. The third kappa shape index (κ3) is 6.44. The molecule has 162 valence electrons. The van der Waals surface area contributed by atoms with E-state index in [-0.39, 0.29) is 5.91 Å². The Morgan fingerprint density at radius 2 is 1.84 bits per heavy atom. The molecule has 0 fully saturated rings. The number of imidazole rings is 1. The molecule has 3 aromatic rings. The first kappa shape index (κ1) is 22.1. The van der Waals surface area contributed by atoms with Crippen LogP contribution in [0.15, 0.2) is 72.0 Å². The van der Waals surface area contributed by atoms with Gasteiger partial charge in [0.05, 0.1) is 6.54 Å². The molecular weight excluding hydrogens is 388 g/mol. The molecule has 1 heterocycles. The van der Waals surface area contributed by atoms with Crippen molar-refractivity contribution >= 4 is 11.9 Å². The molecule has 1 amide bonds. The molecule has 0 bridgehead atoms. The summed E-state index contributed by atoms with van der Waals surface area (Å²) in [7, 11) is 5.27. The van der Waals surface area contributed by atoms with Gasteiger partial charge in [-0.25, -0.2) is 4.98 Å². The normalized spacial score (nSPS) is 11.3. The van der Waals surface area contributed by atoms with Crippen molar-refractivity contribution in [1.82, 2.24) is 25.1 Å². The summed E-state index contributed by atoms with van der Waals surface area (Å²) in [5, 5.41) is 6.65. The first-order chi connectivity index (χ1) is 15.1. The summed E-state index contributed by atoms with van der Waals surface area (Å²) in [6.07, 6.45) is 4.60. The average Bonchev–Trinajstić information content (AvgIpc) is 3.23. The minimum Gasteiger partial charge on any atom is -0.356 e. The predicted octanol–water partition coefficient (Wildman–Crippen LogP) is 2.54. The van der Waals surface area contributed by atoms with Gasteiger partial charge in [0, 0.05) is 52.2 Å². The molecule has 0 saturated carbocycles. The maximum Gasteiger partial charge on any atom is 0.253 e. The van der Waals surface area contributed by atoms with Gasteiger partial charge in [0.25, 0.3) is 5.91 Å². The Morgan fingerprint density at radius 1 is 1.06 bits per heavy atom. The molecular formula is C24H30N6O. The van der Waals surface area contributed by atoms with Crippen LogP contribution in [0.3, 0.4) is 0 Å². The largest absolute Gasteiger partial charge is 0.356 e. The molecule has 2 aromatic carbocycles. The van der Waals surface area contributed by atoms with Crippen LogP contribution in [0, 0.1) is 0 Å². The maximum atomic E-state index is 12.1. The van der Waals surface area contributed by atoms with Crippen LogP contribution in [0.1, 0.15) is 27.3 Å². The average molecular weight is 419 g/mol. The summed E-state index contributed by atoms with van der Waals surface area (Å²) in [5.41, 5.74) is 3.04. The van der Waals surface area contributed by atoms with E-state index >= 15 is 0 Å². The number of guanidine groups is 1. The minimum absolute atomic E-state index is 0.0123. The number of aliphatic imine (C=N–C) groups is 1. The van der Waals surface area contributed by atoms with Crippen molar-refractivity contribution in [3.8, 4) is 0 Å². The lowest BCUT2D eigenvalue weighted by atomic mass is 10.1. The number of carbonyl (C=O) groups is 1. The summed E-state index contributed by atoms with van der Waals surface area (Å²) in [4.78, 5) is 22.5. The Morgan fingerprint density at radius 3 is 2.58 bits per heavy atom. The number of aromatic nitrogens is 2. The third-order valence-electron chi connectivity index (χ3n) is 4.92. The second-order valence-electron chi connectivity index (χ2n) is 7.46. The highest BCUT2D eigenvalue weighted by Gasteiger charge is 2.09. The Labute approximate surface area is 183 Å². The topological polar surface area (TPSA) is 74.6 Å². The highest BCUT2D eigenvalue weighted by Crippen LogP contribution is 2.08. The third-order valence-corrected chi connectivity index (χ3v) is 4.92. The van der Waals surface area contributed by atoms with Crippen LogP contribution in [0.4, 0.5) is 0 Å². The predicted molar refractivity (Wildman–Crippen MR) is 124 cm³/mol. The Hall–Kier alpha value is -3.61. The first-order valence-electron chi connectivity index (χ1n) is 10.4. The van der Waals surface area contributed by atoms with Crippen molar-refractivity contribution in [2.45, 2.75) is 19.5 Å². The molecule has 0 atom stereocenters. The summed E-state index contributed by atoms with van der Waals surface area (Å²) in [6.45, 7) is 2.07. The van der Waals surface area contributed by atoms with Crippen molar-refractivity contribution in [3.05, 3.63) is 89.5 Å². The zero-order valence-corrected chi connectivity index (χ0v) is 18.4. The Balaban J connectivity index is 1.50. The second-order valence-corrected chi connectivity index (χ2v) is 7.46. The van der Waals surface area contributed by atoms with E-state index < -0.39 is 0 Å². The van der Waals surface area contributed by atoms with Crippen LogP contribution in [-0.2, 0) is 19.5 Å². The number of nitrogens with zero attached hydrogens (tertiary/aromatic N) is 4. The number of carbonyl (C=O) groups excluding carboxylic acids is 1. The highest BCUT2D eigenvalue weighted by molar-refractivity contribution is 5.94. The number of amides is 1. The Bertz CT molecular complexity index is 1010. The lowest BCUT2D eigenvalue weighted by molar-refractivity contribution is 0.0827. The van der Waals surface area contributed by atoms with E-state index in [0.29, 0.717) is 18.7 Å². The molecule has 0 spiro atoms. The zero-order chi connectivity index (χ0) is 22.1. The lowest BCUT2D eigenvalue weighted by Gasteiger charge is -2.14. The van der Waals surface area contributed by atoms with Gasteiger partial charge in [0.15, 0.2) is 5.96 Å². The summed E-state index contributed by atoms with van der Waals surface area (Å²) < 4.78 is 2.13. The molecule has 7 nitrogen and oxygen atoms in total. The molecule has 0 aliphatic heterocycles. The van der Waals surface area contributed by atoms with Crippen LogP contribution < -0.4 is 10.6 Å². The van der Waals surface area contributed by atoms with Crippen LogP contribution in [0.2, 0.25) is 0 Å². The maximum absolute atomic E-state index is 12.1. The van der Waals surface area contributed by atoms with Gasteiger partial charge in [0.1, 0.15) is 5.82 Å². The van der Waals surface area contributed by atoms with Gasteiger partial charge in [-0.3, -0.25) is 9.79 Å². The fourth-order valence-electron chi connectivity index (χ4n) is 3.26. The molecule has 0 saturated heterocycles. The number of rotatable bonds is 8. The van der Waals surface area contributed by atoms with Gasteiger partial charge < -0.3 is 20.1 Å². The fraction of sp³-hybridized carbons (Fsp3) is 0.292. The summed E-state index contributed by atoms with van der Waals surface area (Å²) >= 11 is 0. The fourth-order valence-corrected chi connectivity index (χ4v) is 3.26. The van der Waals surface area contributed by atoms with Crippen molar-refractivity contribution in [3.63, 3.8) is 0 Å². The monoisotopic (exact) mass is 418 g/mol. The van der Waals surface area contributed by atoms with Crippen molar-refractivity contribution in [2.75, 3.05) is 27.7 Å². The van der Waals surface area contributed by atoms with Gasteiger partial charge in [-0.15, -0.1) is 0 Å². The molecule has 0 aliphatic carbocycles. The van der Waals surface area contributed by atoms with Crippen LogP contribution in [0.5, 0.6) is 0 Å². The standard InChI is InChI=1S/C24H30N6O/c1-25-24(27-13-12-19-10-7-11-21(16-19)23(31)29(2)3)28-17-22-26-14-15-30(22)18-20-8-5-4-6-9-20/h4-11,14-16H,12-13,17-18H2,1-3H3,(H2,25,27,28). The van der Waals surface area contributed by atoms with Crippen molar-refractivity contribution < 1.29 is 4.79 Å². The number of hydrogen-bond donors (Lipinski definition) is 2. The molecule has 0 radical (unpaired) electrons. The van der Waals surface area contributed by atoms with E-state index in [1.807, 2.05) is 54.9 Å². The first-order valence-corrected chi connectivity index (χ1v) is 10.4. The van der Waals surface area contributed by atoms with Crippen LogP contribution in [0.25, 0.3) is 0 Å². The van der Waals surface area contributed by atoms with Crippen molar-refractivity contribution in [1.29, 1.82) is 0 Å². The minimum atomic E-state index is 0.0123. The van der Waals surface area contributed by atoms with Crippen LogP contribution >= 0.6 is 0 Å². The Kier molecular flexibility index (Phi) is 7.81. The zero-order valence-electron chi connectivity index (χ0n) is 18.4. The molecule has 7 heteroatoms.